The van der Waals surface area contributed by atoms with E-state index >= 15 is 0 Å². The summed E-state index contributed by atoms with van der Waals surface area (Å²) in [7, 11) is -5.99. The summed E-state index contributed by atoms with van der Waals surface area (Å²) in [5.41, 5.74) is 1.39. The number of hydrogen-bond acceptors (Lipinski definition) is 7. The van der Waals surface area contributed by atoms with Gasteiger partial charge in [0.05, 0.1) is 12.0 Å². The molecule has 0 aliphatic heterocycles. The molecule has 0 unspecified atom stereocenters. The molecule has 1 amide bonds. The van der Waals surface area contributed by atoms with Gasteiger partial charge >= 0.3 is 0 Å². The monoisotopic (exact) mass is 543 g/mol. The third kappa shape index (κ3) is 6.03. The summed E-state index contributed by atoms with van der Waals surface area (Å²) in [4.78, 5) is 12.6. The van der Waals surface area contributed by atoms with Crippen LogP contribution in [0, 0.1) is 0 Å². The third-order valence-electron chi connectivity index (χ3n) is 4.92. The summed E-state index contributed by atoms with van der Waals surface area (Å²) in [5, 5.41) is 4.35. The number of ether oxygens (including phenoxy) is 1. The molecule has 36 heavy (non-hydrogen) atoms. The number of carbonyl (C=O) groups excluding carboxylic acids is 1. The number of methoxy groups -OCH3 is 1. The van der Waals surface area contributed by atoms with Gasteiger partial charge in [-0.2, -0.15) is 0 Å². The number of rotatable bonds is 9. The summed E-state index contributed by atoms with van der Waals surface area (Å²) in [5.74, 6) is 0.169. The number of thiophene rings is 1. The number of anilines is 3. The number of sulfonamides is 2. The first kappa shape index (κ1) is 25.2. The number of nitrogens with one attached hydrogen (secondary N) is 3. The van der Waals surface area contributed by atoms with Crippen LogP contribution in [0.1, 0.15) is 10.4 Å². The highest BCUT2D eigenvalue weighted by Gasteiger charge is 2.17. The average molecular weight is 544 g/mol. The smallest absolute Gasteiger partial charge is 0.271 e. The van der Waals surface area contributed by atoms with E-state index in [1.54, 1.807) is 35.7 Å². The molecule has 0 radical (unpaired) electrons. The minimum Gasteiger partial charge on any atom is -0.497 e. The summed E-state index contributed by atoms with van der Waals surface area (Å²) >= 11 is 1.10. The topological polar surface area (TPSA) is 131 Å². The van der Waals surface area contributed by atoms with Crippen molar-refractivity contribution in [2.75, 3.05) is 21.9 Å². The van der Waals surface area contributed by atoms with Gasteiger partial charge in [0, 0.05) is 22.6 Å². The van der Waals surface area contributed by atoms with Crippen LogP contribution in [0.25, 0.3) is 0 Å². The van der Waals surface area contributed by atoms with Crippen LogP contribution in [0.4, 0.5) is 17.1 Å². The Balaban J connectivity index is 1.38. The van der Waals surface area contributed by atoms with Crippen molar-refractivity contribution >= 4 is 54.4 Å². The van der Waals surface area contributed by atoms with E-state index in [9.17, 15) is 21.6 Å². The maximum Gasteiger partial charge on any atom is 0.271 e. The predicted molar refractivity (Wildman–Crippen MR) is 140 cm³/mol. The van der Waals surface area contributed by atoms with Crippen LogP contribution in [-0.2, 0) is 20.0 Å². The lowest BCUT2D eigenvalue weighted by Crippen LogP contribution is -2.14. The second-order valence-electron chi connectivity index (χ2n) is 7.43. The van der Waals surface area contributed by atoms with Gasteiger partial charge in [0.15, 0.2) is 0 Å². The van der Waals surface area contributed by atoms with Crippen LogP contribution in [0.3, 0.4) is 0 Å². The lowest BCUT2D eigenvalue weighted by atomic mass is 10.2. The molecular formula is C24H21N3O6S3. The van der Waals surface area contributed by atoms with E-state index in [4.69, 9.17) is 4.74 Å². The Labute approximate surface area is 212 Å². The largest absolute Gasteiger partial charge is 0.497 e. The van der Waals surface area contributed by atoms with Gasteiger partial charge in [-0.05, 0) is 84.2 Å². The maximum absolute atomic E-state index is 12.6. The van der Waals surface area contributed by atoms with E-state index in [0.29, 0.717) is 28.4 Å². The summed E-state index contributed by atoms with van der Waals surface area (Å²) < 4.78 is 60.1. The minimum atomic E-state index is -3.83. The molecule has 1 heterocycles. The summed E-state index contributed by atoms with van der Waals surface area (Å²) in [6.07, 6.45) is 0. The Morgan fingerprint density at radius 2 is 1.28 bits per heavy atom. The van der Waals surface area contributed by atoms with Crippen LogP contribution >= 0.6 is 11.3 Å². The van der Waals surface area contributed by atoms with E-state index in [1.165, 1.54) is 61.7 Å². The Bertz CT molecular complexity index is 1550. The highest BCUT2D eigenvalue weighted by Crippen LogP contribution is 2.22. The van der Waals surface area contributed by atoms with Crippen molar-refractivity contribution in [2.24, 2.45) is 0 Å². The Hall–Kier alpha value is -3.87. The molecule has 12 heteroatoms. The Morgan fingerprint density at radius 1 is 0.722 bits per heavy atom. The fraction of sp³-hybridized carbons (Fsp3) is 0.0417. The average Bonchev–Trinajstić information content (AvgIpc) is 3.41. The number of hydrogen-bond donors (Lipinski definition) is 3. The molecule has 0 spiro atoms. The molecule has 0 saturated heterocycles. The molecule has 0 atom stereocenters. The third-order valence-corrected chi connectivity index (χ3v) is 9.10. The van der Waals surface area contributed by atoms with Crippen LogP contribution in [0.2, 0.25) is 0 Å². The molecule has 0 aliphatic carbocycles. The van der Waals surface area contributed by atoms with Gasteiger partial charge in [0.1, 0.15) is 9.96 Å². The molecule has 4 rings (SSSR count). The number of amides is 1. The number of benzene rings is 3. The van der Waals surface area contributed by atoms with E-state index in [0.717, 1.165) is 11.3 Å². The normalized spacial score (nSPS) is 11.5. The van der Waals surface area contributed by atoms with Crippen molar-refractivity contribution in [3.8, 4) is 5.75 Å². The van der Waals surface area contributed by atoms with E-state index in [-0.39, 0.29) is 9.10 Å². The van der Waals surface area contributed by atoms with Crippen LogP contribution < -0.4 is 19.5 Å². The maximum atomic E-state index is 12.6. The molecule has 0 fully saturated rings. The lowest BCUT2D eigenvalue weighted by molar-refractivity contribution is 0.102. The molecule has 3 N–H and O–H groups in total. The van der Waals surface area contributed by atoms with Crippen LogP contribution in [0.5, 0.6) is 5.75 Å². The van der Waals surface area contributed by atoms with E-state index in [1.807, 2.05) is 0 Å². The lowest BCUT2D eigenvalue weighted by Gasteiger charge is -2.10. The molecule has 0 saturated carbocycles. The van der Waals surface area contributed by atoms with Crippen LogP contribution in [-0.4, -0.2) is 29.9 Å². The first-order chi connectivity index (χ1) is 17.2. The predicted octanol–water partition coefficient (Wildman–Crippen LogP) is 4.61. The second-order valence-corrected chi connectivity index (χ2v) is 12.0. The summed E-state index contributed by atoms with van der Waals surface area (Å²) in [6, 6.07) is 21.3. The van der Waals surface area contributed by atoms with E-state index in [2.05, 4.69) is 14.8 Å². The highest BCUT2D eigenvalue weighted by molar-refractivity contribution is 7.94. The molecule has 1 aromatic heterocycles. The SMILES string of the molecule is COc1ccc(NS(=O)(=O)c2ccc(NC(=O)c3ccc(NS(=O)(=O)c4cccs4)cc3)cc2)cc1. The van der Waals surface area contributed by atoms with Crippen molar-refractivity contribution in [1.29, 1.82) is 0 Å². The first-order valence-corrected chi connectivity index (χ1v) is 14.3. The fourth-order valence-electron chi connectivity index (χ4n) is 3.11. The van der Waals surface area contributed by atoms with Gasteiger partial charge < -0.3 is 10.1 Å². The molecule has 186 valence electrons. The molecule has 0 aliphatic rings. The molecule has 0 bridgehead atoms. The molecular weight excluding hydrogens is 522 g/mol. The standard InChI is InChI=1S/C24H21N3O6S3/c1-33-21-12-8-20(9-13-21)26-35(29,30)22-14-10-18(11-15-22)25-24(28)17-4-6-19(7-5-17)27-36(31,32)23-3-2-16-34-23/h2-16,26-27H,1H3,(H,25,28). The summed E-state index contributed by atoms with van der Waals surface area (Å²) in [6.45, 7) is 0. The van der Waals surface area contributed by atoms with Crippen molar-refractivity contribution < 1.29 is 26.4 Å². The quantitative estimate of drug-likeness (QED) is 0.283. The highest BCUT2D eigenvalue weighted by atomic mass is 32.2. The second kappa shape index (κ2) is 10.4. The minimum absolute atomic E-state index is 0.0266. The molecule has 9 nitrogen and oxygen atoms in total. The van der Waals surface area contributed by atoms with Crippen molar-refractivity contribution in [1.82, 2.24) is 0 Å². The zero-order valence-corrected chi connectivity index (χ0v) is 21.3. The van der Waals surface area contributed by atoms with Gasteiger partial charge in [0.25, 0.3) is 26.0 Å². The van der Waals surface area contributed by atoms with E-state index < -0.39 is 26.0 Å². The van der Waals surface area contributed by atoms with Crippen molar-refractivity contribution in [3.05, 3.63) is 95.9 Å². The van der Waals surface area contributed by atoms with Crippen molar-refractivity contribution in [3.63, 3.8) is 0 Å². The zero-order valence-electron chi connectivity index (χ0n) is 18.8. The van der Waals surface area contributed by atoms with Crippen molar-refractivity contribution in [2.45, 2.75) is 9.10 Å². The van der Waals surface area contributed by atoms with Gasteiger partial charge in [0.2, 0.25) is 0 Å². The Kier molecular flexibility index (Phi) is 7.29. The van der Waals surface area contributed by atoms with Gasteiger partial charge in [-0.15, -0.1) is 11.3 Å². The Morgan fingerprint density at radius 3 is 1.83 bits per heavy atom. The first-order valence-electron chi connectivity index (χ1n) is 10.4. The number of carbonyl (C=O) groups is 1. The van der Waals surface area contributed by atoms with Crippen LogP contribution in [0.15, 0.2) is 99.4 Å². The van der Waals surface area contributed by atoms with Gasteiger partial charge in [-0.3, -0.25) is 14.2 Å². The zero-order chi connectivity index (χ0) is 25.8. The fourth-order valence-corrected chi connectivity index (χ4v) is 6.22. The molecule has 4 aromatic rings. The van der Waals surface area contributed by atoms with Gasteiger partial charge in [-0.1, -0.05) is 6.07 Å². The van der Waals surface area contributed by atoms with Gasteiger partial charge in [-0.25, -0.2) is 16.8 Å². The molecule has 3 aromatic carbocycles.